The van der Waals surface area contributed by atoms with E-state index in [1.807, 2.05) is 24.3 Å². The van der Waals surface area contributed by atoms with Crippen LogP contribution >= 0.6 is 15.9 Å². The van der Waals surface area contributed by atoms with Crippen molar-refractivity contribution in [1.82, 2.24) is 9.62 Å². The average Bonchev–Trinajstić information content (AvgIpc) is 2.77. The highest BCUT2D eigenvalue weighted by Gasteiger charge is 2.26. The summed E-state index contributed by atoms with van der Waals surface area (Å²) >= 11 is 3.37. The van der Waals surface area contributed by atoms with Gasteiger partial charge < -0.3 is 14.8 Å². The molecule has 0 spiro atoms. The van der Waals surface area contributed by atoms with Crippen molar-refractivity contribution >= 4 is 31.9 Å². The van der Waals surface area contributed by atoms with Crippen LogP contribution < -0.4 is 10.1 Å². The quantitative estimate of drug-likeness (QED) is 0.539. The highest BCUT2D eigenvalue weighted by atomic mass is 79.9. The summed E-state index contributed by atoms with van der Waals surface area (Å²) in [5, 5.41) is 2.85. The second-order valence-electron chi connectivity index (χ2n) is 6.84. The number of amides is 1. The summed E-state index contributed by atoms with van der Waals surface area (Å²) in [6.45, 7) is 2.37. The van der Waals surface area contributed by atoms with E-state index in [0.29, 0.717) is 52.3 Å². The molecule has 9 heteroatoms. The van der Waals surface area contributed by atoms with E-state index in [-0.39, 0.29) is 10.8 Å². The molecule has 1 N–H and O–H groups in total. The van der Waals surface area contributed by atoms with E-state index in [0.717, 1.165) is 15.8 Å². The number of carbonyl (C=O) groups excluding carboxylic acids is 1. The van der Waals surface area contributed by atoms with Crippen LogP contribution in [-0.2, 0) is 26.1 Å². The first-order valence-electron chi connectivity index (χ1n) is 9.77. The highest BCUT2D eigenvalue weighted by Crippen LogP contribution is 2.18. The molecule has 7 nitrogen and oxygen atoms in total. The molecule has 3 rings (SSSR count). The molecule has 0 aliphatic carbocycles. The van der Waals surface area contributed by atoms with Crippen LogP contribution in [0.4, 0.5) is 0 Å². The minimum atomic E-state index is -3.50. The Balaban J connectivity index is 1.40. The molecule has 0 radical (unpaired) electrons. The number of halogens is 1. The van der Waals surface area contributed by atoms with Gasteiger partial charge in [0.25, 0.3) is 0 Å². The zero-order valence-electron chi connectivity index (χ0n) is 16.6. The van der Waals surface area contributed by atoms with Crippen molar-refractivity contribution in [3.8, 4) is 5.75 Å². The van der Waals surface area contributed by atoms with E-state index in [1.165, 1.54) is 4.31 Å². The lowest BCUT2D eigenvalue weighted by Gasteiger charge is -2.26. The van der Waals surface area contributed by atoms with Gasteiger partial charge in [-0.2, -0.15) is 4.31 Å². The van der Waals surface area contributed by atoms with Gasteiger partial charge in [-0.15, -0.1) is 0 Å². The molecule has 30 heavy (non-hydrogen) atoms. The number of ether oxygens (including phenoxy) is 2. The number of benzene rings is 2. The van der Waals surface area contributed by atoms with Crippen LogP contribution in [0.2, 0.25) is 0 Å². The standard InChI is InChI=1S/C21H25BrN2O5S/c22-18-5-7-19(8-6-18)29-13-1-2-21(25)23-16-17-3-9-20(10-4-17)30(26,27)24-11-14-28-15-12-24/h3-10H,1-2,11-16H2,(H,23,25). The number of morpholine rings is 1. The SMILES string of the molecule is O=C(CCCOc1ccc(Br)cc1)NCc1ccc(S(=O)(=O)N2CCOCC2)cc1. The maximum atomic E-state index is 12.6. The zero-order valence-corrected chi connectivity index (χ0v) is 19.0. The van der Waals surface area contributed by atoms with Gasteiger partial charge >= 0.3 is 0 Å². The van der Waals surface area contributed by atoms with Crippen LogP contribution in [0, 0.1) is 0 Å². The molecule has 1 saturated heterocycles. The third kappa shape index (κ3) is 6.53. The lowest BCUT2D eigenvalue weighted by molar-refractivity contribution is -0.121. The molecule has 1 amide bonds. The Morgan fingerprint density at radius 3 is 2.40 bits per heavy atom. The van der Waals surface area contributed by atoms with Gasteiger partial charge in [-0.3, -0.25) is 4.79 Å². The fourth-order valence-electron chi connectivity index (χ4n) is 2.96. The van der Waals surface area contributed by atoms with Crippen LogP contribution in [-0.4, -0.2) is 51.5 Å². The Hall–Kier alpha value is -1.94. The summed E-state index contributed by atoms with van der Waals surface area (Å²) in [7, 11) is -3.50. The third-order valence-electron chi connectivity index (χ3n) is 4.65. The smallest absolute Gasteiger partial charge is 0.243 e. The van der Waals surface area contributed by atoms with Crippen molar-refractivity contribution in [1.29, 1.82) is 0 Å². The maximum absolute atomic E-state index is 12.6. The minimum Gasteiger partial charge on any atom is -0.494 e. The Bertz CT molecular complexity index is 927. The number of nitrogens with zero attached hydrogens (tertiary/aromatic N) is 1. The number of hydrogen-bond acceptors (Lipinski definition) is 5. The zero-order chi connectivity index (χ0) is 21.4. The molecule has 0 saturated carbocycles. The molecule has 0 atom stereocenters. The molecular formula is C21H25BrN2O5S. The normalized spacial score (nSPS) is 15.0. The average molecular weight is 497 g/mol. The van der Waals surface area contributed by atoms with Gasteiger partial charge in [-0.1, -0.05) is 28.1 Å². The molecule has 1 aliphatic rings. The number of nitrogens with one attached hydrogen (secondary N) is 1. The summed E-state index contributed by atoms with van der Waals surface area (Å²) < 4.78 is 38.5. The van der Waals surface area contributed by atoms with Gasteiger partial charge in [0.1, 0.15) is 5.75 Å². The Morgan fingerprint density at radius 1 is 1.07 bits per heavy atom. The van der Waals surface area contributed by atoms with Gasteiger partial charge in [0.15, 0.2) is 0 Å². The first-order valence-corrected chi connectivity index (χ1v) is 12.0. The van der Waals surface area contributed by atoms with Crippen molar-refractivity contribution in [3.63, 3.8) is 0 Å². The Morgan fingerprint density at radius 2 is 1.73 bits per heavy atom. The van der Waals surface area contributed by atoms with Gasteiger partial charge in [0, 0.05) is 30.5 Å². The molecule has 0 bridgehead atoms. The van der Waals surface area contributed by atoms with Crippen LogP contribution in [0.25, 0.3) is 0 Å². The molecule has 2 aromatic carbocycles. The van der Waals surface area contributed by atoms with E-state index in [9.17, 15) is 13.2 Å². The number of rotatable bonds is 9. The van der Waals surface area contributed by atoms with Crippen LogP contribution in [0.5, 0.6) is 5.75 Å². The summed E-state index contributed by atoms with van der Waals surface area (Å²) in [6.07, 6.45) is 0.971. The lowest BCUT2D eigenvalue weighted by atomic mass is 10.2. The van der Waals surface area contributed by atoms with Crippen LogP contribution in [0.1, 0.15) is 18.4 Å². The molecule has 162 valence electrons. The number of sulfonamides is 1. The Labute approximate surface area is 185 Å². The second-order valence-corrected chi connectivity index (χ2v) is 9.70. The predicted octanol–water partition coefficient (Wildman–Crippen LogP) is 2.95. The van der Waals surface area contributed by atoms with Gasteiger partial charge in [0.2, 0.25) is 15.9 Å². The summed E-state index contributed by atoms with van der Waals surface area (Å²) in [5.41, 5.74) is 0.843. The maximum Gasteiger partial charge on any atom is 0.243 e. The molecule has 0 unspecified atom stereocenters. The van der Waals surface area contributed by atoms with Crippen molar-refractivity contribution in [3.05, 3.63) is 58.6 Å². The number of carbonyl (C=O) groups is 1. The minimum absolute atomic E-state index is 0.0700. The molecule has 2 aromatic rings. The molecule has 0 aromatic heterocycles. The largest absolute Gasteiger partial charge is 0.494 e. The second kappa shape index (κ2) is 10.9. The van der Waals surface area contributed by atoms with Crippen LogP contribution in [0.3, 0.4) is 0 Å². The van der Waals surface area contributed by atoms with E-state index in [2.05, 4.69) is 21.2 Å². The monoisotopic (exact) mass is 496 g/mol. The Kier molecular flexibility index (Phi) is 8.26. The van der Waals surface area contributed by atoms with Crippen molar-refractivity contribution in [2.24, 2.45) is 0 Å². The van der Waals surface area contributed by atoms with E-state index < -0.39 is 10.0 Å². The predicted molar refractivity (Wildman–Crippen MR) is 117 cm³/mol. The summed E-state index contributed by atoms with van der Waals surface area (Å²) in [4.78, 5) is 12.3. The third-order valence-corrected chi connectivity index (χ3v) is 7.09. The fraction of sp³-hybridized carbons (Fsp3) is 0.381. The van der Waals surface area contributed by atoms with Crippen molar-refractivity contribution in [2.75, 3.05) is 32.9 Å². The van der Waals surface area contributed by atoms with Gasteiger partial charge in [-0.05, 0) is 48.4 Å². The first kappa shape index (κ1) is 22.7. The molecular weight excluding hydrogens is 472 g/mol. The number of hydrogen-bond donors (Lipinski definition) is 1. The van der Waals surface area contributed by atoms with Crippen LogP contribution in [0.15, 0.2) is 57.9 Å². The van der Waals surface area contributed by atoms with Gasteiger partial charge in [0.05, 0.1) is 24.7 Å². The lowest BCUT2D eigenvalue weighted by Crippen LogP contribution is -2.40. The van der Waals surface area contributed by atoms with E-state index in [1.54, 1.807) is 24.3 Å². The molecule has 1 heterocycles. The van der Waals surface area contributed by atoms with E-state index >= 15 is 0 Å². The van der Waals surface area contributed by atoms with Crippen molar-refractivity contribution < 1.29 is 22.7 Å². The van der Waals surface area contributed by atoms with Gasteiger partial charge in [-0.25, -0.2) is 8.42 Å². The van der Waals surface area contributed by atoms with Crippen molar-refractivity contribution in [2.45, 2.75) is 24.3 Å². The molecule has 1 aliphatic heterocycles. The topological polar surface area (TPSA) is 84.9 Å². The first-order chi connectivity index (χ1) is 14.4. The molecule has 1 fully saturated rings. The summed E-state index contributed by atoms with van der Waals surface area (Å²) in [6, 6.07) is 14.2. The summed E-state index contributed by atoms with van der Waals surface area (Å²) in [5.74, 6) is 0.699. The highest BCUT2D eigenvalue weighted by molar-refractivity contribution is 9.10. The fourth-order valence-corrected chi connectivity index (χ4v) is 4.63. The van der Waals surface area contributed by atoms with E-state index in [4.69, 9.17) is 9.47 Å².